The van der Waals surface area contributed by atoms with E-state index in [0.717, 1.165) is 33.7 Å². The summed E-state index contributed by atoms with van der Waals surface area (Å²) in [5, 5.41) is 7.84. The third-order valence-electron chi connectivity index (χ3n) is 6.28. The van der Waals surface area contributed by atoms with Crippen LogP contribution < -0.4 is 5.32 Å². The molecule has 37 heavy (non-hydrogen) atoms. The van der Waals surface area contributed by atoms with Crippen molar-refractivity contribution in [2.75, 3.05) is 5.32 Å². The normalized spacial score (nSPS) is 12.2. The molecular weight excluding hydrogens is 460 g/mol. The van der Waals surface area contributed by atoms with E-state index in [1.807, 2.05) is 109 Å². The average Bonchev–Trinajstić information content (AvgIpc) is 3.57. The molecule has 1 aliphatic rings. The average molecular weight is 485 g/mol. The van der Waals surface area contributed by atoms with Crippen LogP contribution in [0.2, 0.25) is 0 Å². The van der Waals surface area contributed by atoms with Crippen molar-refractivity contribution in [1.29, 1.82) is 0 Å². The highest BCUT2D eigenvalue weighted by molar-refractivity contribution is 6.14. The third kappa shape index (κ3) is 4.75. The van der Waals surface area contributed by atoms with E-state index >= 15 is 0 Å². The van der Waals surface area contributed by atoms with Gasteiger partial charge in [-0.05, 0) is 29.3 Å². The van der Waals surface area contributed by atoms with Crippen LogP contribution >= 0.6 is 0 Å². The quantitative estimate of drug-likeness (QED) is 0.312. The molecule has 0 atom stereocenters. The maximum atomic E-state index is 13.3. The second kappa shape index (κ2) is 9.91. The highest BCUT2D eigenvalue weighted by atomic mass is 16.2. The van der Waals surface area contributed by atoms with Crippen molar-refractivity contribution in [2.24, 2.45) is 4.99 Å². The van der Waals surface area contributed by atoms with Crippen LogP contribution in [-0.4, -0.2) is 31.4 Å². The number of fused-ring (bicyclic) bond motifs is 1. The summed E-state index contributed by atoms with van der Waals surface area (Å²) in [6.07, 6.45) is 5.38. The fourth-order valence-electron chi connectivity index (χ4n) is 4.40. The lowest BCUT2D eigenvalue weighted by atomic mass is 10.0. The summed E-state index contributed by atoms with van der Waals surface area (Å²) in [5.74, 6) is 0.429. The Balaban J connectivity index is 1.40. The minimum absolute atomic E-state index is 0.207. The molecule has 6 rings (SSSR count). The molecule has 0 radical (unpaired) electrons. The van der Waals surface area contributed by atoms with Gasteiger partial charge >= 0.3 is 6.03 Å². The summed E-state index contributed by atoms with van der Waals surface area (Å²) in [7, 11) is 0. The second-order valence-corrected chi connectivity index (χ2v) is 8.77. The zero-order chi connectivity index (χ0) is 25.0. The topological polar surface area (TPSA) is 75.4 Å². The minimum Gasteiger partial charge on any atom is -0.316 e. The number of aromatic nitrogens is 3. The number of aliphatic imine (C=N–C) groups is 1. The Morgan fingerprint density at radius 2 is 1.41 bits per heavy atom. The molecule has 3 aromatic carbocycles. The van der Waals surface area contributed by atoms with Crippen LogP contribution in [0, 0.1) is 0 Å². The van der Waals surface area contributed by atoms with Gasteiger partial charge in [0, 0.05) is 36.6 Å². The standard InChI is InChI=1S/C30H24N6O/c37-30(35-19-24-16-17-31-18-25(24)20-35)32-27-21-36(26-14-8-3-9-15-26)34-29(27)33-28(22-10-4-1-5-11-22)23-12-6-2-7-13-23/h1-18,21H,19-20H2,(H,32,37). The van der Waals surface area contributed by atoms with Gasteiger partial charge in [-0.15, -0.1) is 5.10 Å². The van der Waals surface area contributed by atoms with Crippen molar-refractivity contribution >= 4 is 23.2 Å². The number of pyridine rings is 1. The van der Waals surface area contributed by atoms with E-state index in [-0.39, 0.29) is 6.03 Å². The second-order valence-electron chi connectivity index (χ2n) is 8.77. The predicted molar refractivity (Wildman–Crippen MR) is 144 cm³/mol. The first-order chi connectivity index (χ1) is 18.2. The molecular formula is C30H24N6O. The van der Waals surface area contributed by atoms with E-state index in [4.69, 9.17) is 10.1 Å². The van der Waals surface area contributed by atoms with E-state index < -0.39 is 0 Å². The minimum atomic E-state index is -0.207. The molecule has 2 aromatic heterocycles. The number of anilines is 1. The number of rotatable bonds is 5. The first kappa shape index (κ1) is 22.4. The summed E-state index contributed by atoms with van der Waals surface area (Å²) >= 11 is 0. The van der Waals surface area contributed by atoms with Gasteiger partial charge in [-0.25, -0.2) is 14.5 Å². The number of hydrogen-bond acceptors (Lipinski definition) is 4. The van der Waals surface area contributed by atoms with Crippen LogP contribution in [0.15, 0.2) is 121 Å². The van der Waals surface area contributed by atoms with Gasteiger partial charge in [0.15, 0.2) is 5.82 Å². The molecule has 0 saturated heterocycles. The number of nitrogens with zero attached hydrogens (tertiary/aromatic N) is 5. The van der Waals surface area contributed by atoms with Crippen molar-refractivity contribution in [3.63, 3.8) is 0 Å². The Morgan fingerprint density at radius 1 is 0.784 bits per heavy atom. The van der Waals surface area contributed by atoms with Crippen molar-refractivity contribution in [2.45, 2.75) is 13.1 Å². The number of hydrogen-bond donors (Lipinski definition) is 1. The third-order valence-corrected chi connectivity index (χ3v) is 6.28. The van der Waals surface area contributed by atoms with Gasteiger partial charge in [-0.3, -0.25) is 4.98 Å². The van der Waals surface area contributed by atoms with Gasteiger partial charge in [0.25, 0.3) is 0 Å². The van der Waals surface area contributed by atoms with Crippen molar-refractivity contribution < 1.29 is 4.79 Å². The summed E-state index contributed by atoms with van der Waals surface area (Å²) in [6.45, 7) is 1.05. The lowest BCUT2D eigenvalue weighted by Crippen LogP contribution is -2.30. The Hall–Kier alpha value is -5.04. The zero-order valence-corrected chi connectivity index (χ0v) is 20.0. The summed E-state index contributed by atoms with van der Waals surface area (Å²) in [5.41, 5.74) is 6.28. The molecule has 3 heterocycles. The molecule has 2 amide bonds. The Kier molecular flexibility index (Phi) is 6.01. The lowest BCUT2D eigenvalue weighted by Gasteiger charge is -2.16. The molecule has 0 fully saturated rings. The molecule has 1 aliphatic heterocycles. The van der Waals surface area contributed by atoms with E-state index in [9.17, 15) is 4.79 Å². The van der Waals surface area contributed by atoms with E-state index in [2.05, 4.69) is 10.3 Å². The number of nitrogens with one attached hydrogen (secondary N) is 1. The van der Waals surface area contributed by atoms with Crippen LogP contribution in [-0.2, 0) is 13.1 Å². The van der Waals surface area contributed by atoms with Gasteiger partial charge in [-0.2, -0.15) is 0 Å². The Bertz CT molecular complexity index is 1500. The summed E-state index contributed by atoms with van der Waals surface area (Å²) in [6, 6.07) is 31.5. The van der Waals surface area contributed by atoms with Crippen molar-refractivity contribution in [3.05, 3.63) is 138 Å². The zero-order valence-electron chi connectivity index (χ0n) is 20.0. The van der Waals surface area contributed by atoms with Crippen molar-refractivity contribution in [3.8, 4) is 5.69 Å². The molecule has 5 aromatic rings. The first-order valence-electron chi connectivity index (χ1n) is 12.1. The molecule has 7 nitrogen and oxygen atoms in total. The monoisotopic (exact) mass is 484 g/mol. The smallest absolute Gasteiger partial charge is 0.316 e. The predicted octanol–water partition coefficient (Wildman–Crippen LogP) is 5.98. The van der Waals surface area contributed by atoms with Gasteiger partial charge in [-0.1, -0.05) is 78.9 Å². The van der Waals surface area contributed by atoms with Crippen LogP contribution in [0.3, 0.4) is 0 Å². The largest absolute Gasteiger partial charge is 0.322 e. The summed E-state index contributed by atoms with van der Waals surface area (Å²) < 4.78 is 1.74. The van der Waals surface area contributed by atoms with Crippen LogP contribution in [0.5, 0.6) is 0 Å². The number of amides is 2. The van der Waals surface area contributed by atoms with E-state index in [1.54, 1.807) is 15.8 Å². The maximum Gasteiger partial charge on any atom is 0.322 e. The first-order valence-corrected chi connectivity index (χ1v) is 12.1. The highest BCUT2D eigenvalue weighted by Crippen LogP contribution is 2.29. The lowest BCUT2D eigenvalue weighted by molar-refractivity contribution is 0.212. The van der Waals surface area contributed by atoms with E-state index in [1.165, 1.54) is 0 Å². The Labute approximate surface area is 214 Å². The highest BCUT2D eigenvalue weighted by Gasteiger charge is 2.25. The van der Waals surface area contributed by atoms with Gasteiger partial charge in [0.05, 0.1) is 17.6 Å². The molecule has 1 N–H and O–H groups in total. The van der Waals surface area contributed by atoms with E-state index in [0.29, 0.717) is 24.6 Å². The maximum absolute atomic E-state index is 13.3. The fraction of sp³-hybridized carbons (Fsp3) is 0.0667. The number of carbonyl (C=O) groups is 1. The molecule has 0 bridgehead atoms. The molecule has 7 heteroatoms. The molecule has 0 unspecified atom stereocenters. The molecule has 0 spiro atoms. The van der Waals surface area contributed by atoms with Crippen LogP contribution in [0.4, 0.5) is 16.3 Å². The number of carbonyl (C=O) groups excluding carboxylic acids is 1. The van der Waals surface area contributed by atoms with Crippen LogP contribution in [0.25, 0.3) is 5.69 Å². The van der Waals surface area contributed by atoms with Gasteiger partial charge in [0.1, 0.15) is 5.69 Å². The molecule has 0 saturated carbocycles. The molecule has 0 aliphatic carbocycles. The van der Waals surface area contributed by atoms with Crippen molar-refractivity contribution in [1.82, 2.24) is 19.7 Å². The van der Waals surface area contributed by atoms with Gasteiger partial charge < -0.3 is 10.2 Å². The number of urea groups is 1. The van der Waals surface area contributed by atoms with Gasteiger partial charge in [0.2, 0.25) is 0 Å². The number of benzene rings is 3. The van der Waals surface area contributed by atoms with Crippen LogP contribution in [0.1, 0.15) is 22.3 Å². The summed E-state index contributed by atoms with van der Waals surface area (Å²) in [4.78, 5) is 24.3. The SMILES string of the molecule is O=C(Nc1cn(-c2ccccc2)nc1N=C(c1ccccc1)c1ccccc1)N1Cc2ccncc2C1. The Morgan fingerprint density at radius 3 is 2.05 bits per heavy atom. The number of para-hydroxylation sites is 1. The fourth-order valence-corrected chi connectivity index (χ4v) is 4.40. The molecule has 180 valence electrons.